The minimum Gasteiger partial charge on any atom is -0.490 e. The van der Waals surface area contributed by atoms with Gasteiger partial charge in [-0.25, -0.2) is 0 Å². The summed E-state index contributed by atoms with van der Waals surface area (Å²) in [5, 5.41) is 0. The summed E-state index contributed by atoms with van der Waals surface area (Å²) in [4.78, 5) is 11.1. The van der Waals surface area contributed by atoms with Crippen LogP contribution in [0.5, 0.6) is 0 Å². The summed E-state index contributed by atoms with van der Waals surface area (Å²) in [6.45, 7) is 0.733. The van der Waals surface area contributed by atoms with E-state index >= 15 is 0 Å². The van der Waals surface area contributed by atoms with Crippen molar-refractivity contribution in [2.45, 2.75) is 25.7 Å². The molecule has 0 spiro atoms. The van der Waals surface area contributed by atoms with Gasteiger partial charge in [0.15, 0.2) is 11.5 Å². The molecule has 10 heavy (non-hydrogen) atoms. The Labute approximate surface area is 59.9 Å². The fourth-order valence-corrected chi connectivity index (χ4v) is 1.58. The monoisotopic (exact) mass is 138 g/mol. The van der Waals surface area contributed by atoms with Gasteiger partial charge in [0.05, 0.1) is 6.61 Å². The molecular weight excluding hydrogens is 128 g/mol. The highest BCUT2D eigenvalue weighted by molar-refractivity contribution is 5.95. The average Bonchev–Trinajstić information content (AvgIpc) is 2.36. The first-order chi connectivity index (χ1) is 4.88. The molecule has 2 heteroatoms. The van der Waals surface area contributed by atoms with Crippen molar-refractivity contribution < 1.29 is 9.53 Å². The molecule has 0 atom stereocenters. The van der Waals surface area contributed by atoms with E-state index in [-0.39, 0.29) is 5.78 Å². The lowest BCUT2D eigenvalue weighted by molar-refractivity contribution is -0.119. The first-order valence-electron chi connectivity index (χ1n) is 3.76. The number of allylic oxidation sites excluding steroid dienone is 1. The van der Waals surface area contributed by atoms with Crippen molar-refractivity contribution in [1.29, 1.82) is 0 Å². The van der Waals surface area contributed by atoms with Gasteiger partial charge in [0, 0.05) is 12.8 Å². The zero-order valence-electron chi connectivity index (χ0n) is 5.85. The molecule has 2 rings (SSSR count). The van der Waals surface area contributed by atoms with Gasteiger partial charge in [-0.1, -0.05) is 0 Å². The molecule has 1 aliphatic heterocycles. The largest absolute Gasteiger partial charge is 0.490 e. The van der Waals surface area contributed by atoms with Gasteiger partial charge in [-0.15, -0.1) is 0 Å². The number of ketones is 1. The van der Waals surface area contributed by atoms with Crippen molar-refractivity contribution in [1.82, 2.24) is 0 Å². The molecular formula is C8H10O2. The number of carbonyl (C=O) groups is 1. The van der Waals surface area contributed by atoms with E-state index in [0.29, 0.717) is 12.2 Å². The van der Waals surface area contributed by atoms with Crippen LogP contribution in [0.25, 0.3) is 0 Å². The molecule has 0 saturated carbocycles. The van der Waals surface area contributed by atoms with Gasteiger partial charge in [0.1, 0.15) is 0 Å². The summed E-state index contributed by atoms with van der Waals surface area (Å²) in [5.41, 5.74) is 1.26. The lowest BCUT2D eigenvalue weighted by Gasteiger charge is -2.09. The van der Waals surface area contributed by atoms with Crippen LogP contribution in [0.4, 0.5) is 0 Å². The fraction of sp³-hybridized carbons (Fsp3) is 0.625. The summed E-state index contributed by atoms with van der Waals surface area (Å²) in [7, 11) is 0. The first kappa shape index (κ1) is 5.96. The van der Waals surface area contributed by atoms with Crippen LogP contribution in [0.3, 0.4) is 0 Å². The molecule has 0 aromatic rings. The van der Waals surface area contributed by atoms with Crippen molar-refractivity contribution in [3.63, 3.8) is 0 Å². The standard InChI is InChI=1S/C8H10O2/c9-7-3-1-2-6-4-5-10-8(6)7/h1-5H2. The highest BCUT2D eigenvalue weighted by Gasteiger charge is 2.25. The second-order valence-electron chi connectivity index (χ2n) is 2.81. The van der Waals surface area contributed by atoms with Crippen LogP contribution in [0, 0.1) is 0 Å². The lowest BCUT2D eigenvalue weighted by atomic mass is 9.96. The number of hydrogen-bond acceptors (Lipinski definition) is 2. The lowest BCUT2D eigenvalue weighted by Crippen LogP contribution is -2.08. The smallest absolute Gasteiger partial charge is 0.197 e. The summed E-state index contributed by atoms with van der Waals surface area (Å²) in [6.07, 6.45) is 3.79. The molecule has 0 aromatic heterocycles. The normalized spacial score (nSPS) is 24.6. The Balaban J connectivity index is 2.31. The van der Waals surface area contributed by atoms with Crippen LogP contribution < -0.4 is 0 Å². The van der Waals surface area contributed by atoms with Crippen LogP contribution in [0.1, 0.15) is 25.7 Å². The van der Waals surface area contributed by atoms with Gasteiger partial charge in [-0.05, 0) is 18.4 Å². The quantitative estimate of drug-likeness (QED) is 0.506. The van der Waals surface area contributed by atoms with Crippen molar-refractivity contribution in [3.05, 3.63) is 11.3 Å². The van der Waals surface area contributed by atoms with Crippen LogP contribution in [0.15, 0.2) is 11.3 Å². The minimum absolute atomic E-state index is 0.221. The van der Waals surface area contributed by atoms with E-state index in [4.69, 9.17) is 4.74 Å². The van der Waals surface area contributed by atoms with Crippen LogP contribution >= 0.6 is 0 Å². The Morgan fingerprint density at radius 3 is 2.90 bits per heavy atom. The predicted octanol–water partition coefficient (Wildman–Crippen LogP) is 1.41. The van der Waals surface area contributed by atoms with Gasteiger partial charge >= 0.3 is 0 Å². The molecule has 1 heterocycles. The Bertz CT molecular complexity index is 203. The minimum atomic E-state index is 0.221. The van der Waals surface area contributed by atoms with Gasteiger partial charge in [-0.2, -0.15) is 0 Å². The number of rotatable bonds is 0. The van der Waals surface area contributed by atoms with E-state index in [9.17, 15) is 4.79 Å². The zero-order chi connectivity index (χ0) is 6.97. The topological polar surface area (TPSA) is 26.3 Å². The molecule has 0 aromatic carbocycles. The highest BCUT2D eigenvalue weighted by atomic mass is 16.5. The van der Waals surface area contributed by atoms with E-state index < -0.39 is 0 Å². The van der Waals surface area contributed by atoms with Gasteiger partial charge < -0.3 is 4.74 Å². The van der Waals surface area contributed by atoms with Crippen molar-refractivity contribution in [3.8, 4) is 0 Å². The highest BCUT2D eigenvalue weighted by Crippen LogP contribution is 2.29. The molecule has 0 bridgehead atoms. The summed E-state index contributed by atoms with van der Waals surface area (Å²) >= 11 is 0. The van der Waals surface area contributed by atoms with E-state index in [2.05, 4.69) is 0 Å². The third-order valence-corrected chi connectivity index (χ3v) is 2.11. The fourth-order valence-electron chi connectivity index (χ4n) is 1.58. The molecule has 0 unspecified atom stereocenters. The maximum absolute atomic E-state index is 11.1. The molecule has 0 amide bonds. The molecule has 2 aliphatic rings. The maximum Gasteiger partial charge on any atom is 0.197 e. The summed E-state index contributed by atoms with van der Waals surface area (Å²) < 4.78 is 5.20. The Morgan fingerprint density at radius 1 is 1.20 bits per heavy atom. The SMILES string of the molecule is O=C1CCCC2=C1OCC2. The van der Waals surface area contributed by atoms with Gasteiger partial charge in [0.25, 0.3) is 0 Å². The van der Waals surface area contributed by atoms with Crippen molar-refractivity contribution >= 4 is 5.78 Å². The Kier molecular flexibility index (Phi) is 1.26. The van der Waals surface area contributed by atoms with Gasteiger partial charge in [-0.3, -0.25) is 4.79 Å². The van der Waals surface area contributed by atoms with E-state index in [1.54, 1.807) is 0 Å². The second-order valence-corrected chi connectivity index (χ2v) is 2.81. The van der Waals surface area contributed by atoms with E-state index in [0.717, 1.165) is 25.9 Å². The zero-order valence-corrected chi connectivity index (χ0v) is 5.85. The number of carbonyl (C=O) groups excluding carboxylic acids is 1. The average molecular weight is 138 g/mol. The number of hydrogen-bond donors (Lipinski definition) is 0. The van der Waals surface area contributed by atoms with E-state index in [1.165, 1.54) is 5.57 Å². The van der Waals surface area contributed by atoms with Crippen LogP contribution in [-0.4, -0.2) is 12.4 Å². The first-order valence-corrected chi connectivity index (χ1v) is 3.76. The van der Waals surface area contributed by atoms with Crippen molar-refractivity contribution in [2.24, 2.45) is 0 Å². The molecule has 54 valence electrons. The number of Topliss-reactive ketones (excluding diaryl/α,β-unsaturated/α-hetero) is 1. The molecule has 0 N–H and O–H groups in total. The molecule has 0 fully saturated rings. The van der Waals surface area contributed by atoms with Crippen LogP contribution in [0.2, 0.25) is 0 Å². The number of ether oxygens (including phenoxy) is 1. The second kappa shape index (κ2) is 2.11. The van der Waals surface area contributed by atoms with Gasteiger partial charge in [0.2, 0.25) is 0 Å². The molecule has 2 nitrogen and oxygen atoms in total. The third-order valence-electron chi connectivity index (χ3n) is 2.11. The van der Waals surface area contributed by atoms with Crippen LogP contribution in [-0.2, 0) is 9.53 Å². The Morgan fingerprint density at radius 2 is 2.10 bits per heavy atom. The van der Waals surface area contributed by atoms with Crippen molar-refractivity contribution in [2.75, 3.05) is 6.61 Å². The molecule has 0 saturated heterocycles. The molecule has 1 aliphatic carbocycles. The molecule has 0 radical (unpaired) electrons. The third kappa shape index (κ3) is 0.753. The maximum atomic E-state index is 11.1. The Hall–Kier alpha value is -0.790. The summed E-state index contributed by atoms with van der Waals surface area (Å²) in [5.74, 6) is 0.921. The van der Waals surface area contributed by atoms with E-state index in [1.807, 2.05) is 0 Å². The summed E-state index contributed by atoms with van der Waals surface area (Å²) in [6, 6.07) is 0. The predicted molar refractivity (Wildman–Crippen MR) is 36.5 cm³/mol.